The lowest BCUT2D eigenvalue weighted by Crippen LogP contribution is -2.27. The van der Waals surface area contributed by atoms with E-state index in [1.807, 2.05) is 12.1 Å². The number of hydrogen-bond acceptors (Lipinski definition) is 2. The first-order valence-electron chi connectivity index (χ1n) is 5.09. The van der Waals surface area contributed by atoms with Crippen molar-refractivity contribution in [3.63, 3.8) is 0 Å². The monoisotopic (exact) mass is 210 g/mol. The van der Waals surface area contributed by atoms with Crippen molar-refractivity contribution in [3.8, 4) is 0 Å². The number of nitrogens with zero attached hydrogens (tertiary/aromatic N) is 1. The van der Waals surface area contributed by atoms with Crippen LogP contribution in [0.3, 0.4) is 0 Å². The van der Waals surface area contributed by atoms with Crippen molar-refractivity contribution < 1.29 is 0 Å². The van der Waals surface area contributed by atoms with Crippen LogP contribution < -0.4 is 5.32 Å². The molecule has 2 nitrogen and oxygen atoms in total. The van der Waals surface area contributed by atoms with Crippen molar-refractivity contribution in [1.82, 2.24) is 4.98 Å². The van der Waals surface area contributed by atoms with Crippen molar-refractivity contribution in [2.75, 3.05) is 11.9 Å². The van der Waals surface area contributed by atoms with Crippen molar-refractivity contribution >= 4 is 17.3 Å². The van der Waals surface area contributed by atoms with Crippen molar-refractivity contribution in [3.05, 3.63) is 23.5 Å². The van der Waals surface area contributed by atoms with Gasteiger partial charge in [0, 0.05) is 18.4 Å². The van der Waals surface area contributed by atoms with Gasteiger partial charge in [-0.1, -0.05) is 18.5 Å². The van der Waals surface area contributed by atoms with Crippen molar-refractivity contribution in [1.29, 1.82) is 0 Å². The zero-order valence-corrected chi connectivity index (χ0v) is 9.09. The third kappa shape index (κ3) is 2.38. The van der Waals surface area contributed by atoms with E-state index < -0.39 is 0 Å². The molecule has 1 saturated carbocycles. The Labute approximate surface area is 89.7 Å². The van der Waals surface area contributed by atoms with E-state index in [1.165, 1.54) is 12.8 Å². The van der Waals surface area contributed by atoms with Crippen LogP contribution in [0.25, 0.3) is 0 Å². The fourth-order valence-electron chi connectivity index (χ4n) is 2.01. The summed E-state index contributed by atoms with van der Waals surface area (Å²) in [4.78, 5) is 3.94. The zero-order chi connectivity index (χ0) is 9.97. The Kier molecular flexibility index (Phi) is 2.92. The van der Waals surface area contributed by atoms with Gasteiger partial charge in [-0.05, 0) is 36.8 Å². The van der Waals surface area contributed by atoms with E-state index in [9.17, 15) is 0 Å². The minimum absolute atomic E-state index is 0.553. The van der Waals surface area contributed by atoms with Gasteiger partial charge in [-0.25, -0.2) is 4.98 Å². The largest absolute Gasteiger partial charge is 0.385 e. The zero-order valence-electron chi connectivity index (χ0n) is 8.33. The van der Waals surface area contributed by atoms with Crippen LogP contribution in [-0.4, -0.2) is 11.5 Å². The first kappa shape index (κ1) is 9.78. The normalized spacial score (nSPS) is 25.6. The van der Waals surface area contributed by atoms with Gasteiger partial charge >= 0.3 is 0 Å². The molecular formula is C11H15ClN2. The molecule has 3 heteroatoms. The third-order valence-corrected chi connectivity index (χ3v) is 3.00. The van der Waals surface area contributed by atoms with E-state index in [-0.39, 0.29) is 0 Å². The molecule has 76 valence electrons. The highest BCUT2D eigenvalue weighted by Crippen LogP contribution is 2.32. The Morgan fingerprint density at radius 2 is 2.36 bits per heavy atom. The number of nitrogens with one attached hydrogen (secondary N) is 1. The summed E-state index contributed by atoms with van der Waals surface area (Å²) in [6, 6.07) is 3.82. The van der Waals surface area contributed by atoms with E-state index >= 15 is 0 Å². The quantitative estimate of drug-likeness (QED) is 0.776. The molecule has 0 spiro atoms. The van der Waals surface area contributed by atoms with E-state index in [0.717, 1.165) is 24.1 Å². The van der Waals surface area contributed by atoms with Gasteiger partial charge in [0.25, 0.3) is 0 Å². The summed E-state index contributed by atoms with van der Waals surface area (Å²) in [6.07, 6.45) is 4.44. The Bertz CT molecular complexity index is 308. The van der Waals surface area contributed by atoms with Gasteiger partial charge in [0.05, 0.1) is 0 Å². The molecule has 0 aromatic carbocycles. The van der Waals surface area contributed by atoms with Gasteiger partial charge < -0.3 is 5.32 Å². The summed E-state index contributed by atoms with van der Waals surface area (Å²) in [5.74, 6) is 1.76. The maximum Gasteiger partial charge on any atom is 0.131 e. The Hall–Kier alpha value is -0.760. The number of anilines is 1. The van der Waals surface area contributed by atoms with Crippen LogP contribution in [0.5, 0.6) is 0 Å². The summed E-state index contributed by atoms with van der Waals surface area (Å²) in [5.41, 5.74) is 1.07. The maximum atomic E-state index is 5.78. The van der Waals surface area contributed by atoms with E-state index in [1.54, 1.807) is 6.20 Å². The smallest absolute Gasteiger partial charge is 0.131 e. The lowest BCUT2D eigenvalue weighted by atomic mass is 9.76. The van der Waals surface area contributed by atoms with Crippen LogP contribution >= 0.6 is 11.6 Å². The molecule has 2 rings (SSSR count). The van der Waals surface area contributed by atoms with Gasteiger partial charge in [-0.15, -0.1) is 0 Å². The highest BCUT2D eigenvalue weighted by Gasteiger charge is 2.24. The van der Waals surface area contributed by atoms with Crippen LogP contribution in [0.4, 0.5) is 5.69 Å². The highest BCUT2D eigenvalue weighted by molar-refractivity contribution is 6.29. The van der Waals surface area contributed by atoms with Crippen LogP contribution in [0.2, 0.25) is 5.15 Å². The van der Waals surface area contributed by atoms with Gasteiger partial charge in [-0.3, -0.25) is 0 Å². The molecule has 1 aliphatic rings. The van der Waals surface area contributed by atoms with Gasteiger partial charge in [0.2, 0.25) is 0 Å². The summed E-state index contributed by atoms with van der Waals surface area (Å²) < 4.78 is 0. The molecule has 0 amide bonds. The number of rotatable bonds is 3. The van der Waals surface area contributed by atoms with Crippen molar-refractivity contribution in [2.24, 2.45) is 11.8 Å². The number of aromatic nitrogens is 1. The predicted octanol–water partition coefficient (Wildman–Crippen LogP) is 3.19. The Morgan fingerprint density at radius 1 is 1.57 bits per heavy atom. The molecule has 1 aromatic heterocycles. The van der Waals surface area contributed by atoms with Gasteiger partial charge in [0.1, 0.15) is 5.15 Å². The maximum absolute atomic E-state index is 5.78. The first-order valence-corrected chi connectivity index (χ1v) is 5.47. The lowest BCUT2D eigenvalue weighted by molar-refractivity contribution is 0.225. The fraction of sp³-hybridized carbons (Fsp3) is 0.545. The second-order valence-electron chi connectivity index (χ2n) is 4.19. The van der Waals surface area contributed by atoms with Crippen LogP contribution in [0.15, 0.2) is 18.3 Å². The molecule has 0 bridgehead atoms. The van der Waals surface area contributed by atoms with Crippen molar-refractivity contribution in [2.45, 2.75) is 19.8 Å². The molecule has 14 heavy (non-hydrogen) atoms. The lowest BCUT2D eigenvalue weighted by Gasteiger charge is -2.32. The standard InChI is InChI=1S/C11H15ClN2/c1-8-4-9(5-8)7-14-10-2-3-13-11(12)6-10/h2-3,6,8-9H,4-5,7H2,1H3,(H,13,14). The van der Waals surface area contributed by atoms with Gasteiger partial charge in [-0.2, -0.15) is 0 Å². The predicted molar refractivity (Wildman–Crippen MR) is 59.6 cm³/mol. The minimum atomic E-state index is 0.553. The molecule has 1 N–H and O–H groups in total. The summed E-state index contributed by atoms with van der Waals surface area (Å²) in [5, 5.41) is 3.94. The molecule has 1 aliphatic carbocycles. The van der Waals surface area contributed by atoms with E-state index in [2.05, 4.69) is 17.2 Å². The molecule has 1 fully saturated rings. The Balaban J connectivity index is 1.80. The van der Waals surface area contributed by atoms with Gasteiger partial charge in [0.15, 0.2) is 0 Å². The molecule has 1 heterocycles. The molecule has 0 radical (unpaired) electrons. The van der Waals surface area contributed by atoms with Crippen LogP contribution in [0.1, 0.15) is 19.8 Å². The second kappa shape index (κ2) is 4.18. The van der Waals surface area contributed by atoms with E-state index in [0.29, 0.717) is 5.15 Å². The fourth-order valence-corrected chi connectivity index (χ4v) is 2.18. The highest BCUT2D eigenvalue weighted by atomic mass is 35.5. The average molecular weight is 211 g/mol. The molecule has 0 aliphatic heterocycles. The second-order valence-corrected chi connectivity index (χ2v) is 4.58. The molecular weight excluding hydrogens is 196 g/mol. The first-order chi connectivity index (χ1) is 6.74. The SMILES string of the molecule is CC1CC(CNc2ccnc(Cl)c2)C1. The molecule has 1 aromatic rings. The summed E-state index contributed by atoms with van der Waals surface area (Å²) in [7, 11) is 0. The molecule has 0 unspecified atom stereocenters. The number of hydrogen-bond donors (Lipinski definition) is 1. The topological polar surface area (TPSA) is 24.9 Å². The summed E-state index contributed by atoms with van der Waals surface area (Å²) in [6.45, 7) is 3.37. The van der Waals surface area contributed by atoms with E-state index in [4.69, 9.17) is 11.6 Å². The van der Waals surface area contributed by atoms with Crippen LogP contribution in [0, 0.1) is 11.8 Å². The third-order valence-electron chi connectivity index (χ3n) is 2.79. The molecule has 0 saturated heterocycles. The number of pyridine rings is 1. The Morgan fingerprint density at radius 3 is 3.00 bits per heavy atom. The average Bonchev–Trinajstić information content (AvgIpc) is 2.11. The number of halogens is 1. The summed E-state index contributed by atoms with van der Waals surface area (Å²) >= 11 is 5.78. The minimum Gasteiger partial charge on any atom is -0.385 e. The molecule has 0 atom stereocenters. The van der Waals surface area contributed by atoms with Crippen LogP contribution in [-0.2, 0) is 0 Å².